The zero-order valence-electron chi connectivity index (χ0n) is 14.4. The van der Waals surface area contributed by atoms with Crippen molar-refractivity contribution in [1.29, 1.82) is 0 Å². The molecule has 2 aromatic rings. The molecule has 2 aromatic carbocycles. The van der Waals surface area contributed by atoms with Crippen LogP contribution in [0.2, 0.25) is 0 Å². The molecular weight excluding hydrogens is 377 g/mol. The minimum absolute atomic E-state index is 0.0703. The summed E-state index contributed by atoms with van der Waals surface area (Å²) in [5.74, 6) is 0.191. The molecule has 2 rings (SSSR count). The van der Waals surface area contributed by atoms with Gasteiger partial charge in [-0.2, -0.15) is 21.6 Å². The van der Waals surface area contributed by atoms with Gasteiger partial charge in [0.2, 0.25) is 0 Å². The van der Waals surface area contributed by atoms with Crippen LogP contribution in [0.5, 0.6) is 23.0 Å². The molecule has 144 valence electrons. The Hall–Kier alpha value is -2.36. The monoisotopic (exact) mass is 394 g/mol. The van der Waals surface area contributed by atoms with Crippen LogP contribution in [0.25, 0.3) is 10.8 Å². The predicted molar refractivity (Wildman–Crippen MR) is 88.4 cm³/mol. The van der Waals surface area contributed by atoms with E-state index in [0.717, 1.165) is 12.1 Å². The first-order valence-electron chi connectivity index (χ1n) is 7.36. The van der Waals surface area contributed by atoms with Crippen molar-refractivity contribution in [3.05, 3.63) is 24.3 Å². The second-order valence-corrected chi connectivity index (χ2v) is 7.00. The topological polar surface area (TPSA) is 71.1 Å². The highest BCUT2D eigenvalue weighted by molar-refractivity contribution is 7.88. The largest absolute Gasteiger partial charge is 0.534 e. The van der Waals surface area contributed by atoms with Crippen molar-refractivity contribution in [2.75, 3.05) is 14.2 Å². The molecule has 0 saturated carbocycles. The van der Waals surface area contributed by atoms with E-state index in [4.69, 9.17) is 14.2 Å². The van der Waals surface area contributed by atoms with Crippen LogP contribution in [0.3, 0.4) is 0 Å². The molecule has 0 aliphatic heterocycles. The molecule has 0 aliphatic carbocycles. The van der Waals surface area contributed by atoms with Gasteiger partial charge in [0.25, 0.3) is 0 Å². The van der Waals surface area contributed by atoms with E-state index in [9.17, 15) is 21.6 Å². The number of halogens is 3. The zero-order valence-corrected chi connectivity index (χ0v) is 15.2. The zero-order chi connectivity index (χ0) is 19.7. The van der Waals surface area contributed by atoms with Gasteiger partial charge in [0.05, 0.1) is 25.7 Å². The first-order valence-corrected chi connectivity index (χ1v) is 8.77. The van der Waals surface area contributed by atoms with Gasteiger partial charge >= 0.3 is 15.6 Å². The fraction of sp³-hybridized carbons (Fsp3) is 0.375. The maximum absolute atomic E-state index is 12.6. The van der Waals surface area contributed by atoms with E-state index < -0.39 is 21.4 Å². The van der Waals surface area contributed by atoms with Crippen LogP contribution in [0.4, 0.5) is 13.2 Å². The number of hydrogen-bond acceptors (Lipinski definition) is 6. The molecule has 0 amide bonds. The Morgan fingerprint density at radius 3 is 2.04 bits per heavy atom. The van der Waals surface area contributed by atoms with E-state index in [0.29, 0.717) is 16.9 Å². The van der Waals surface area contributed by atoms with Gasteiger partial charge in [0, 0.05) is 11.5 Å². The van der Waals surface area contributed by atoms with Crippen LogP contribution >= 0.6 is 0 Å². The molecule has 0 radical (unpaired) electrons. The fourth-order valence-electron chi connectivity index (χ4n) is 2.27. The van der Waals surface area contributed by atoms with Gasteiger partial charge in [-0.1, -0.05) is 0 Å². The van der Waals surface area contributed by atoms with E-state index in [2.05, 4.69) is 4.18 Å². The summed E-state index contributed by atoms with van der Waals surface area (Å²) in [6, 6.07) is 5.33. The SMILES string of the molecule is COc1ccc(OC(C)C)c2cc(OS(=O)(=O)C(F)(F)F)cc(OC)c12. The highest BCUT2D eigenvalue weighted by Gasteiger charge is 2.48. The summed E-state index contributed by atoms with van der Waals surface area (Å²) < 4.78 is 80.7. The molecule has 0 aromatic heterocycles. The standard InChI is InChI=1S/C16H17F3O6S/c1-9(2)24-12-5-6-13(22-3)15-11(12)7-10(8-14(15)23-4)25-26(20,21)16(17,18)19/h5-9H,1-4H3. The summed E-state index contributed by atoms with van der Waals surface area (Å²) in [7, 11) is -3.13. The molecule has 0 spiro atoms. The highest BCUT2D eigenvalue weighted by atomic mass is 32.2. The summed E-state index contributed by atoms with van der Waals surface area (Å²) in [6.45, 7) is 3.53. The number of fused-ring (bicyclic) bond motifs is 1. The van der Waals surface area contributed by atoms with Crippen LogP contribution in [0.15, 0.2) is 24.3 Å². The fourth-order valence-corrected chi connectivity index (χ4v) is 2.72. The van der Waals surface area contributed by atoms with Crippen LogP contribution in [-0.2, 0) is 10.1 Å². The van der Waals surface area contributed by atoms with Crippen LogP contribution in [0, 0.1) is 0 Å². The third-order valence-electron chi connectivity index (χ3n) is 3.27. The molecule has 0 unspecified atom stereocenters. The van der Waals surface area contributed by atoms with Crippen molar-refractivity contribution in [2.24, 2.45) is 0 Å². The second kappa shape index (κ2) is 7.10. The lowest BCUT2D eigenvalue weighted by molar-refractivity contribution is -0.0500. The molecule has 0 atom stereocenters. The minimum atomic E-state index is -5.82. The highest BCUT2D eigenvalue weighted by Crippen LogP contribution is 2.43. The van der Waals surface area contributed by atoms with Gasteiger partial charge in [0.15, 0.2) is 0 Å². The Balaban J connectivity index is 2.72. The Morgan fingerprint density at radius 2 is 1.54 bits per heavy atom. The van der Waals surface area contributed by atoms with Crippen molar-refractivity contribution in [2.45, 2.75) is 25.5 Å². The van der Waals surface area contributed by atoms with Crippen molar-refractivity contribution in [3.63, 3.8) is 0 Å². The van der Waals surface area contributed by atoms with Crippen molar-refractivity contribution < 1.29 is 40.0 Å². The van der Waals surface area contributed by atoms with Crippen LogP contribution < -0.4 is 18.4 Å². The Kier molecular flexibility index (Phi) is 5.45. The molecule has 0 aliphatic rings. The lowest BCUT2D eigenvalue weighted by Gasteiger charge is -2.17. The van der Waals surface area contributed by atoms with E-state index in [1.807, 2.05) is 0 Å². The van der Waals surface area contributed by atoms with Crippen molar-refractivity contribution >= 4 is 20.9 Å². The average Bonchev–Trinajstić information content (AvgIpc) is 2.52. The van der Waals surface area contributed by atoms with Crippen LogP contribution in [-0.4, -0.2) is 34.2 Å². The van der Waals surface area contributed by atoms with E-state index >= 15 is 0 Å². The lowest BCUT2D eigenvalue weighted by atomic mass is 10.1. The number of methoxy groups -OCH3 is 2. The van der Waals surface area contributed by atoms with Gasteiger partial charge < -0.3 is 18.4 Å². The first kappa shape index (κ1) is 20.0. The minimum Gasteiger partial charge on any atom is -0.496 e. The molecule has 0 saturated heterocycles. The number of benzene rings is 2. The van der Waals surface area contributed by atoms with Gasteiger partial charge in [0.1, 0.15) is 23.0 Å². The molecule has 0 N–H and O–H groups in total. The summed E-state index contributed by atoms with van der Waals surface area (Å²) in [5, 5.41) is 0.690. The molecular formula is C16H17F3O6S. The molecule has 10 heteroatoms. The van der Waals surface area contributed by atoms with Crippen molar-refractivity contribution in [1.82, 2.24) is 0 Å². The molecule has 0 fully saturated rings. The molecule has 6 nitrogen and oxygen atoms in total. The summed E-state index contributed by atoms with van der Waals surface area (Å²) in [5.41, 5.74) is -5.55. The lowest BCUT2D eigenvalue weighted by Crippen LogP contribution is -2.28. The quantitative estimate of drug-likeness (QED) is 0.547. The van der Waals surface area contributed by atoms with Gasteiger partial charge in [-0.25, -0.2) is 0 Å². The maximum atomic E-state index is 12.6. The third-order valence-corrected chi connectivity index (χ3v) is 4.24. The predicted octanol–water partition coefficient (Wildman–Crippen LogP) is 3.87. The average molecular weight is 394 g/mol. The van der Waals surface area contributed by atoms with Crippen molar-refractivity contribution in [3.8, 4) is 23.0 Å². The number of rotatable bonds is 6. The Labute approximate surface area is 148 Å². The van der Waals surface area contributed by atoms with Gasteiger partial charge in [-0.05, 0) is 32.0 Å². The number of ether oxygens (including phenoxy) is 3. The molecule has 0 bridgehead atoms. The van der Waals surface area contributed by atoms with E-state index in [-0.39, 0.29) is 17.2 Å². The van der Waals surface area contributed by atoms with Gasteiger partial charge in [-0.15, -0.1) is 0 Å². The summed E-state index contributed by atoms with van der Waals surface area (Å²) in [4.78, 5) is 0. The smallest absolute Gasteiger partial charge is 0.496 e. The molecule has 0 heterocycles. The van der Waals surface area contributed by atoms with E-state index in [1.165, 1.54) is 14.2 Å². The third kappa shape index (κ3) is 3.90. The first-order chi connectivity index (χ1) is 12.0. The van der Waals surface area contributed by atoms with E-state index in [1.54, 1.807) is 26.0 Å². The maximum Gasteiger partial charge on any atom is 0.534 e. The van der Waals surface area contributed by atoms with Gasteiger partial charge in [-0.3, -0.25) is 0 Å². The summed E-state index contributed by atoms with van der Waals surface area (Å²) >= 11 is 0. The molecule has 26 heavy (non-hydrogen) atoms. The van der Waals surface area contributed by atoms with Crippen LogP contribution in [0.1, 0.15) is 13.8 Å². The number of alkyl halides is 3. The second-order valence-electron chi connectivity index (χ2n) is 5.46. The normalized spacial score (nSPS) is 12.3. The summed E-state index contributed by atoms with van der Waals surface area (Å²) in [6.07, 6.45) is -0.235. The Bertz CT molecular complexity index is 906. The Morgan fingerprint density at radius 1 is 0.962 bits per heavy atom. The number of hydrogen-bond donors (Lipinski definition) is 0.